The highest BCUT2D eigenvalue weighted by atomic mass is 16.3. The number of hydrogen-bond donors (Lipinski definition) is 4. The van der Waals surface area contributed by atoms with Crippen molar-refractivity contribution < 1.29 is 9.90 Å². The van der Waals surface area contributed by atoms with Gasteiger partial charge in [0.1, 0.15) is 5.75 Å². The third-order valence-corrected chi connectivity index (χ3v) is 6.25. The minimum Gasteiger partial charge on any atom is -0.508 e. The van der Waals surface area contributed by atoms with Crippen LogP contribution in [-0.4, -0.2) is 23.6 Å². The molecule has 32 heavy (non-hydrogen) atoms. The minimum atomic E-state index is -0.646. The Bertz CT molecular complexity index is 1090. The predicted octanol–water partition coefficient (Wildman–Crippen LogP) is 4.14. The number of carbonyl (C=O) groups excluding carboxylic acids is 1. The Labute approximate surface area is 189 Å². The Balaban J connectivity index is 1.44. The first kappa shape index (κ1) is 21.9. The van der Waals surface area contributed by atoms with Gasteiger partial charge in [0.15, 0.2) is 0 Å². The van der Waals surface area contributed by atoms with Crippen LogP contribution in [0.25, 0.3) is 0 Å². The molecule has 1 aliphatic heterocycles. The molecule has 0 saturated carbocycles. The summed E-state index contributed by atoms with van der Waals surface area (Å²) in [4.78, 5) is 12.9. The minimum absolute atomic E-state index is 0.0578. The zero-order chi connectivity index (χ0) is 22.7. The lowest BCUT2D eigenvalue weighted by molar-refractivity contribution is -0.123. The summed E-state index contributed by atoms with van der Waals surface area (Å²) >= 11 is 0. The van der Waals surface area contributed by atoms with Crippen LogP contribution in [0.1, 0.15) is 45.8 Å². The summed E-state index contributed by atoms with van der Waals surface area (Å²) in [7, 11) is 0. The van der Waals surface area contributed by atoms with E-state index in [2.05, 4.69) is 53.1 Å². The number of carbonyl (C=O) groups is 1. The summed E-state index contributed by atoms with van der Waals surface area (Å²) in [5.74, 6) is 0.0859. The Morgan fingerprint density at radius 1 is 1.09 bits per heavy atom. The molecule has 5 heteroatoms. The van der Waals surface area contributed by atoms with Gasteiger partial charge in [-0.25, -0.2) is 0 Å². The zero-order valence-corrected chi connectivity index (χ0v) is 18.7. The number of hydrogen-bond acceptors (Lipinski definition) is 4. The van der Waals surface area contributed by atoms with E-state index < -0.39 is 6.04 Å². The van der Waals surface area contributed by atoms with Gasteiger partial charge in [0.2, 0.25) is 5.91 Å². The molecule has 1 amide bonds. The summed E-state index contributed by atoms with van der Waals surface area (Å²) in [6.07, 6.45) is 2.14. The molecule has 4 rings (SSSR count). The van der Waals surface area contributed by atoms with Gasteiger partial charge in [-0.05, 0) is 84.7 Å². The molecule has 0 aliphatic carbocycles. The van der Waals surface area contributed by atoms with Gasteiger partial charge in [0.05, 0.1) is 12.1 Å². The van der Waals surface area contributed by atoms with Crippen molar-refractivity contribution in [1.82, 2.24) is 5.32 Å². The molecule has 2 atom stereocenters. The molecular weight excluding hydrogens is 398 g/mol. The monoisotopic (exact) mass is 429 g/mol. The van der Waals surface area contributed by atoms with Crippen molar-refractivity contribution in [3.63, 3.8) is 0 Å². The van der Waals surface area contributed by atoms with Crippen molar-refractivity contribution >= 4 is 11.6 Å². The highest BCUT2D eigenvalue weighted by Gasteiger charge is 2.25. The Hall–Kier alpha value is -3.31. The van der Waals surface area contributed by atoms with Gasteiger partial charge in [0, 0.05) is 12.2 Å². The largest absolute Gasteiger partial charge is 0.508 e. The van der Waals surface area contributed by atoms with Crippen LogP contribution in [0.2, 0.25) is 0 Å². The van der Waals surface area contributed by atoms with E-state index in [-0.39, 0.29) is 17.7 Å². The molecule has 0 spiro atoms. The third kappa shape index (κ3) is 4.94. The third-order valence-electron chi connectivity index (χ3n) is 6.25. The van der Waals surface area contributed by atoms with Crippen LogP contribution in [0.3, 0.4) is 0 Å². The molecule has 1 heterocycles. The van der Waals surface area contributed by atoms with Crippen LogP contribution in [0.4, 0.5) is 5.69 Å². The fourth-order valence-electron chi connectivity index (χ4n) is 4.54. The predicted molar refractivity (Wildman–Crippen MR) is 129 cm³/mol. The zero-order valence-electron chi connectivity index (χ0n) is 18.7. The van der Waals surface area contributed by atoms with Crippen LogP contribution in [-0.2, 0) is 17.6 Å². The van der Waals surface area contributed by atoms with Crippen molar-refractivity contribution in [3.05, 3.63) is 94.0 Å². The van der Waals surface area contributed by atoms with Gasteiger partial charge in [-0.1, -0.05) is 42.5 Å². The van der Waals surface area contributed by atoms with Crippen molar-refractivity contribution in [2.45, 2.75) is 45.2 Å². The van der Waals surface area contributed by atoms with E-state index in [1.807, 2.05) is 19.9 Å². The van der Waals surface area contributed by atoms with E-state index in [0.29, 0.717) is 6.42 Å². The van der Waals surface area contributed by atoms with Crippen LogP contribution >= 0.6 is 0 Å². The summed E-state index contributed by atoms with van der Waals surface area (Å²) in [6.45, 7) is 4.67. The highest BCUT2D eigenvalue weighted by molar-refractivity contribution is 5.82. The lowest BCUT2D eigenvalue weighted by Gasteiger charge is -2.29. The SMILES string of the molecule is Cc1cc(O)cc(C)c1CC(N)C(=O)NC1CCNc2cc(Cc3ccccc3)ccc21. The fraction of sp³-hybridized carbons (Fsp3) is 0.296. The van der Waals surface area contributed by atoms with Crippen molar-refractivity contribution in [2.75, 3.05) is 11.9 Å². The van der Waals surface area contributed by atoms with Crippen molar-refractivity contribution in [2.24, 2.45) is 5.73 Å². The molecule has 3 aromatic carbocycles. The van der Waals surface area contributed by atoms with E-state index in [0.717, 1.165) is 47.3 Å². The normalized spacial score (nSPS) is 16.0. The smallest absolute Gasteiger partial charge is 0.237 e. The first-order chi connectivity index (χ1) is 15.4. The average Bonchev–Trinajstić information content (AvgIpc) is 2.76. The van der Waals surface area contributed by atoms with E-state index in [9.17, 15) is 9.90 Å². The maximum Gasteiger partial charge on any atom is 0.237 e. The van der Waals surface area contributed by atoms with Gasteiger partial charge < -0.3 is 21.5 Å². The van der Waals surface area contributed by atoms with Crippen LogP contribution < -0.4 is 16.4 Å². The standard InChI is InChI=1S/C27H31N3O2/c1-17-12-21(31)13-18(2)23(17)16-24(28)27(32)30-25-10-11-29-26-15-20(8-9-22(25)26)14-19-6-4-3-5-7-19/h3-9,12-13,15,24-25,29,31H,10-11,14,16,28H2,1-2H3,(H,30,32). The van der Waals surface area contributed by atoms with Gasteiger partial charge in [0.25, 0.3) is 0 Å². The average molecular weight is 430 g/mol. The quantitative estimate of drug-likeness (QED) is 0.474. The van der Waals surface area contributed by atoms with Crippen LogP contribution in [0.5, 0.6) is 5.75 Å². The van der Waals surface area contributed by atoms with E-state index in [1.165, 1.54) is 11.1 Å². The first-order valence-electron chi connectivity index (χ1n) is 11.2. The van der Waals surface area contributed by atoms with Gasteiger partial charge in [-0.2, -0.15) is 0 Å². The molecule has 1 aliphatic rings. The molecule has 0 bridgehead atoms. The number of nitrogens with one attached hydrogen (secondary N) is 2. The maximum absolute atomic E-state index is 12.9. The molecule has 5 nitrogen and oxygen atoms in total. The Kier molecular flexibility index (Phi) is 6.47. The summed E-state index contributed by atoms with van der Waals surface area (Å²) in [6, 6.07) is 19.6. The molecule has 0 fully saturated rings. The van der Waals surface area contributed by atoms with Gasteiger partial charge >= 0.3 is 0 Å². The number of amides is 1. The molecule has 5 N–H and O–H groups in total. The molecule has 3 aromatic rings. The first-order valence-corrected chi connectivity index (χ1v) is 11.2. The Morgan fingerprint density at radius 2 is 1.81 bits per heavy atom. The second kappa shape index (κ2) is 9.45. The number of phenols is 1. The molecule has 0 saturated heterocycles. The topological polar surface area (TPSA) is 87.4 Å². The Morgan fingerprint density at radius 3 is 2.53 bits per heavy atom. The lowest BCUT2D eigenvalue weighted by atomic mass is 9.93. The fourth-order valence-corrected chi connectivity index (χ4v) is 4.54. The summed E-state index contributed by atoms with van der Waals surface area (Å²) < 4.78 is 0. The van der Waals surface area contributed by atoms with E-state index in [1.54, 1.807) is 12.1 Å². The summed E-state index contributed by atoms with van der Waals surface area (Å²) in [5, 5.41) is 16.4. The lowest BCUT2D eigenvalue weighted by Crippen LogP contribution is -2.44. The molecule has 0 radical (unpaired) electrons. The molecule has 166 valence electrons. The number of phenolic OH excluding ortho intramolecular Hbond substituents is 1. The van der Waals surface area contributed by atoms with Crippen molar-refractivity contribution in [1.29, 1.82) is 0 Å². The van der Waals surface area contributed by atoms with Crippen molar-refractivity contribution in [3.8, 4) is 5.75 Å². The second-order valence-electron chi connectivity index (χ2n) is 8.73. The number of nitrogens with two attached hydrogens (primary N) is 1. The maximum atomic E-state index is 12.9. The van der Waals surface area contributed by atoms with Gasteiger partial charge in [-0.15, -0.1) is 0 Å². The number of aromatic hydroxyl groups is 1. The van der Waals surface area contributed by atoms with Crippen LogP contribution in [0, 0.1) is 13.8 Å². The second-order valence-corrected chi connectivity index (χ2v) is 8.73. The summed E-state index contributed by atoms with van der Waals surface area (Å²) in [5.41, 5.74) is 13.9. The van der Waals surface area contributed by atoms with Gasteiger partial charge in [-0.3, -0.25) is 4.79 Å². The number of benzene rings is 3. The van der Waals surface area contributed by atoms with Crippen LogP contribution in [0.15, 0.2) is 60.7 Å². The number of aryl methyl sites for hydroxylation is 2. The number of rotatable bonds is 6. The molecule has 0 aromatic heterocycles. The number of fused-ring (bicyclic) bond motifs is 1. The molecular formula is C27H31N3O2. The molecule has 2 unspecified atom stereocenters. The van der Waals surface area contributed by atoms with E-state index >= 15 is 0 Å². The highest BCUT2D eigenvalue weighted by Crippen LogP contribution is 2.31. The van der Waals surface area contributed by atoms with E-state index in [4.69, 9.17) is 5.73 Å². The number of anilines is 1.